The average molecular weight is 462 g/mol. The highest BCUT2D eigenvalue weighted by atomic mass is 16.2. The first-order valence-corrected chi connectivity index (χ1v) is 12.8. The first kappa shape index (κ1) is 24.5. The number of piperidine rings is 1. The third-order valence-corrected chi connectivity index (χ3v) is 7.23. The predicted molar refractivity (Wildman–Crippen MR) is 136 cm³/mol. The van der Waals surface area contributed by atoms with Gasteiger partial charge in [0.25, 0.3) is 0 Å². The molecule has 1 N–H and O–H groups in total. The number of benzene rings is 2. The highest BCUT2D eigenvalue weighted by Gasteiger charge is 2.34. The van der Waals surface area contributed by atoms with Crippen molar-refractivity contribution in [1.29, 1.82) is 0 Å². The molecule has 2 aromatic rings. The fourth-order valence-corrected chi connectivity index (χ4v) is 5.03. The monoisotopic (exact) mass is 461 g/mol. The van der Waals surface area contributed by atoms with E-state index in [1.54, 1.807) is 4.90 Å². The number of nitrogens with zero attached hydrogens (tertiary/aromatic N) is 2. The Morgan fingerprint density at radius 2 is 1.62 bits per heavy atom. The van der Waals surface area contributed by atoms with Crippen molar-refractivity contribution in [3.05, 3.63) is 70.8 Å². The van der Waals surface area contributed by atoms with Crippen LogP contribution in [-0.4, -0.2) is 40.7 Å². The van der Waals surface area contributed by atoms with E-state index >= 15 is 0 Å². The summed E-state index contributed by atoms with van der Waals surface area (Å²) in [5.74, 6) is 1.09. The molecule has 2 aliphatic heterocycles. The van der Waals surface area contributed by atoms with Crippen LogP contribution in [0.2, 0.25) is 0 Å². The highest BCUT2D eigenvalue weighted by molar-refractivity contribution is 5.88. The zero-order valence-corrected chi connectivity index (χ0v) is 20.9. The lowest BCUT2D eigenvalue weighted by molar-refractivity contribution is -0.142. The van der Waals surface area contributed by atoms with Gasteiger partial charge < -0.3 is 10.2 Å². The van der Waals surface area contributed by atoms with Crippen LogP contribution in [0.25, 0.3) is 0 Å². The standard InChI is InChI=1S/C29H39N3O2/c1-21(2)16-28(33)32-20-26-7-5-4-6-25(26)17-27(32)29(34)30-18-23-8-10-24(11-9-23)19-31-14-12-22(3)13-15-31/h4-11,21-22,27H,12-20H2,1-3H3,(H,30,34). The second-order valence-electron chi connectivity index (χ2n) is 10.6. The molecule has 1 atom stereocenters. The number of carbonyl (C=O) groups is 2. The fourth-order valence-electron chi connectivity index (χ4n) is 5.03. The summed E-state index contributed by atoms with van der Waals surface area (Å²) in [6, 6.07) is 16.3. The van der Waals surface area contributed by atoms with E-state index in [9.17, 15) is 9.59 Å². The molecule has 182 valence electrons. The van der Waals surface area contributed by atoms with Gasteiger partial charge in [-0.1, -0.05) is 69.3 Å². The number of rotatable bonds is 7. The molecular weight excluding hydrogens is 422 g/mol. The van der Waals surface area contributed by atoms with Crippen molar-refractivity contribution in [3.8, 4) is 0 Å². The van der Waals surface area contributed by atoms with Gasteiger partial charge >= 0.3 is 0 Å². The highest BCUT2D eigenvalue weighted by Crippen LogP contribution is 2.25. The number of likely N-dealkylation sites (tertiary alicyclic amines) is 1. The predicted octanol–water partition coefficient (Wildman–Crippen LogP) is 4.53. The second kappa shape index (κ2) is 11.2. The van der Waals surface area contributed by atoms with E-state index in [-0.39, 0.29) is 17.7 Å². The van der Waals surface area contributed by atoms with E-state index in [1.807, 2.05) is 26.0 Å². The van der Waals surface area contributed by atoms with Crippen LogP contribution in [-0.2, 0) is 35.6 Å². The van der Waals surface area contributed by atoms with Crippen LogP contribution < -0.4 is 5.32 Å². The smallest absolute Gasteiger partial charge is 0.243 e. The molecule has 0 aromatic heterocycles. The van der Waals surface area contributed by atoms with E-state index in [4.69, 9.17) is 0 Å². The SMILES string of the molecule is CC(C)CC(=O)N1Cc2ccccc2CC1C(=O)NCc1ccc(CN2CCC(C)CC2)cc1. The molecule has 4 rings (SSSR count). The summed E-state index contributed by atoms with van der Waals surface area (Å²) in [5, 5.41) is 3.10. The summed E-state index contributed by atoms with van der Waals surface area (Å²) in [6.45, 7) is 10.7. The van der Waals surface area contributed by atoms with Crippen molar-refractivity contribution >= 4 is 11.8 Å². The molecule has 2 amide bonds. The second-order valence-corrected chi connectivity index (χ2v) is 10.6. The Hall–Kier alpha value is -2.66. The van der Waals surface area contributed by atoms with Gasteiger partial charge in [-0.25, -0.2) is 0 Å². The number of hydrogen-bond acceptors (Lipinski definition) is 3. The van der Waals surface area contributed by atoms with E-state index < -0.39 is 6.04 Å². The van der Waals surface area contributed by atoms with Gasteiger partial charge in [0.1, 0.15) is 6.04 Å². The Balaban J connectivity index is 1.36. The van der Waals surface area contributed by atoms with Gasteiger partial charge in [-0.2, -0.15) is 0 Å². The molecule has 2 heterocycles. The number of carbonyl (C=O) groups excluding carboxylic acids is 2. The molecule has 1 unspecified atom stereocenters. The molecule has 0 spiro atoms. The molecule has 1 saturated heterocycles. The van der Waals surface area contributed by atoms with Gasteiger partial charge in [-0.05, 0) is 60.0 Å². The summed E-state index contributed by atoms with van der Waals surface area (Å²) in [7, 11) is 0. The summed E-state index contributed by atoms with van der Waals surface area (Å²) in [6.07, 6.45) is 3.60. The lowest BCUT2D eigenvalue weighted by atomic mass is 9.92. The minimum absolute atomic E-state index is 0.0566. The zero-order valence-electron chi connectivity index (χ0n) is 20.9. The first-order chi connectivity index (χ1) is 16.4. The summed E-state index contributed by atoms with van der Waals surface area (Å²) in [4.78, 5) is 30.5. The van der Waals surface area contributed by atoms with Crippen molar-refractivity contribution in [1.82, 2.24) is 15.1 Å². The maximum absolute atomic E-state index is 13.2. The normalized spacial score (nSPS) is 19.2. The van der Waals surface area contributed by atoms with Crippen LogP contribution in [0, 0.1) is 11.8 Å². The molecular formula is C29H39N3O2. The van der Waals surface area contributed by atoms with Gasteiger partial charge in [0.15, 0.2) is 0 Å². The van der Waals surface area contributed by atoms with Crippen LogP contribution in [0.1, 0.15) is 62.3 Å². The molecule has 5 heteroatoms. The summed E-state index contributed by atoms with van der Waals surface area (Å²) in [5.41, 5.74) is 4.70. The molecule has 0 radical (unpaired) electrons. The van der Waals surface area contributed by atoms with E-state index in [0.29, 0.717) is 25.9 Å². The van der Waals surface area contributed by atoms with Crippen LogP contribution in [0.15, 0.2) is 48.5 Å². The van der Waals surface area contributed by atoms with Crippen LogP contribution in [0.5, 0.6) is 0 Å². The largest absolute Gasteiger partial charge is 0.350 e. The Kier molecular flexibility index (Phi) is 8.04. The summed E-state index contributed by atoms with van der Waals surface area (Å²) >= 11 is 0. The lowest BCUT2D eigenvalue weighted by Crippen LogP contribution is -2.52. The van der Waals surface area contributed by atoms with E-state index in [2.05, 4.69) is 53.5 Å². The van der Waals surface area contributed by atoms with Crippen LogP contribution in [0.4, 0.5) is 0 Å². The average Bonchev–Trinajstić information content (AvgIpc) is 2.83. The van der Waals surface area contributed by atoms with Crippen LogP contribution in [0.3, 0.4) is 0 Å². The molecule has 5 nitrogen and oxygen atoms in total. The van der Waals surface area contributed by atoms with Gasteiger partial charge in [0, 0.05) is 32.5 Å². The third-order valence-electron chi connectivity index (χ3n) is 7.23. The quantitative estimate of drug-likeness (QED) is 0.659. The first-order valence-electron chi connectivity index (χ1n) is 12.8. The Bertz CT molecular complexity index is 977. The Morgan fingerprint density at radius 1 is 0.971 bits per heavy atom. The summed E-state index contributed by atoms with van der Waals surface area (Å²) < 4.78 is 0. The Morgan fingerprint density at radius 3 is 2.29 bits per heavy atom. The van der Waals surface area contributed by atoms with E-state index in [1.165, 1.54) is 31.5 Å². The molecule has 0 saturated carbocycles. The van der Waals surface area contributed by atoms with Crippen molar-refractivity contribution in [2.75, 3.05) is 13.1 Å². The van der Waals surface area contributed by atoms with Gasteiger partial charge in [-0.15, -0.1) is 0 Å². The third kappa shape index (κ3) is 6.26. The molecule has 1 fully saturated rings. The van der Waals surface area contributed by atoms with Gasteiger partial charge in [-0.3, -0.25) is 14.5 Å². The van der Waals surface area contributed by atoms with Crippen molar-refractivity contribution < 1.29 is 9.59 Å². The maximum Gasteiger partial charge on any atom is 0.243 e. The minimum Gasteiger partial charge on any atom is -0.350 e. The maximum atomic E-state index is 13.2. The van der Waals surface area contributed by atoms with E-state index in [0.717, 1.165) is 29.2 Å². The zero-order chi connectivity index (χ0) is 24.1. The van der Waals surface area contributed by atoms with Crippen molar-refractivity contribution in [3.63, 3.8) is 0 Å². The Labute approximate surface area is 204 Å². The molecule has 0 aliphatic carbocycles. The lowest BCUT2D eigenvalue weighted by Gasteiger charge is -2.36. The van der Waals surface area contributed by atoms with Gasteiger partial charge in [0.05, 0.1) is 0 Å². The van der Waals surface area contributed by atoms with Crippen molar-refractivity contribution in [2.45, 2.75) is 72.1 Å². The number of amides is 2. The number of nitrogens with one attached hydrogen (secondary N) is 1. The molecule has 34 heavy (non-hydrogen) atoms. The minimum atomic E-state index is -0.457. The topological polar surface area (TPSA) is 52.7 Å². The number of hydrogen-bond donors (Lipinski definition) is 1. The molecule has 0 bridgehead atoms. The molecule has 2 aromatic carbocycles. The van der Waals surface area contributed by atoms with Crippen LogP contribution >= 0.6 is 0 Å². The fraction of sp³-hybridized carbons (Fsp3) is 0.517. The number of fused-ring (bicyclic) bond motifs is 1. The van der Waals surface area contributed by atoms with Crippen molar-refractivity contribution in [2.24, 2.45) is 11.8 Å². The molecule has 2 aliphatic rings. The van der Waals surface area contributed by atoms with Gasteiger partial charge in [0.2, 0.25) is 11.8 Å².